The summed E-state index contributed by atoms with van der Waals surface area (Å²) in [6.45, 7) is 6.80. The van der Waals surface area contributed by atoms with E-state index in [4.69, 9.17) is 0 Å². The van der Waals surface area contributed by atoms with Crippen LogP contribution < -0.4 is 10.2 Å². The van der Waals surface area contributed by atoms with Crippen LogP contribution in [0.15, 0.2) is 30.3 Å². The number of anilines is 1. The average Bonchev–Trinajstić information content (AvgIpc) is 2.63. The number of β-lactam (4-membered cyclic amide) rings is 1. The maximum Gasteiger partial charge on any atom is 0.264 e. The van der Waals surface area contributed by atoms with Gasteiger partial charge in [0, 0.05) is 45.0 Å². The molecule has 3 heterocycles. The van der Waals surface area contributed by atoms with Crippen LogP contribution in [0.2, 0.25) is 0 Å². The topological polar surface area (TPSA) is 38.8 Å². The molecule has 0 bridgehead atoms. The van der Waals surface area contributed by atoms with E-state index in [0.29, 0.717) is 0 Å². The number of nitrogens with zero attached hydrogens (tertiary/aromatic N) is 3. The van der Waals surface area contributed by atoms with Crippen LogP contribution >= 0.6 is 0 Å². The molecule has 0 spiro atoms. The van der Waals surface area contributed by atoms with Gasteiger partial charge in [0.05, 0.1) is 6.54 Å². The zero-order chi connectivity index (χ0) is 15.7. The Morgan fingerprint density at radius 1 is 0.870 bits per heavy atom. The molecule has 0 radical (unpaired) electrons. The van der Waals surface area contributed by atoms with Gasteiger partial charge in [0.1, 0.15) is 0 Å². The fraction of sp³-hybridized carbons (Fsp3) is 0.611. The lowest BCUT2D eigenvalue weighted by Gasteiger charge is -2.60. The molecule has 3 aliphatic heterocycles. The molecule has 1 aromatic rings. The third kappa shape index (κ3) is 2.47. The van der Waals surface area contributed by atoms with Crippen LogP contribution in [0.25, 0.3) is 0 Å². The summed E-state index contributed by atoms with van der Waals surface area (Å²) in [4.78, 5) is 20.1. The Morgan fingerprint density at radius 2 is 1.52 bits per heavy atom. The largest absolute Gasteiger partial charge is 0.314 e. The molecule has 0 aromatic heterocycles. The van der Waals surface area contributed by atoms with Gasteiger partial charge in [-0.05, 0) is 25.0 Å². The molecule has 0 aliphatic carbocycles. The maximum atomic E-state index is 13.3. The zero-order valence-corrected chi connectivity index (χ0v) is 13.7. The number of piperidine rings is 1. The van der Waals surface area contributed by atoms with Gasteiger partial charge in [0.25, 0.3) is 5.91 Å². The fourth-order valence-corrected chi connectivity index (χ4v) is 4.27. The van der Waals surface area contributed by atoms with Crippen molar-refractivity contribution in [3.05, 3.63) is 30.3 Å². The first-order valence-corrected chi connectivity index (χ1v) is 8.90. The number of hydrogen-bond acceptors (Lipinski definition) is 4. The summed E-state index contributed by atoms with van der Waals surface area (Å²) >= 11 is 0. The highest BCUT2D eigenvalue weighted by Crippen LogP contribution is 2.38. The standard InChI is InChI=1S/C18H26N4O/c23-17-18(20-11-5-2-6-12-20,21-13-9-19-10-14-21)15-22(17)16-7-3-1-4-8-16/h1,3-4,7-8,19H,2,5-6,9-15H2. The lowest BCUT2D eigenvalue weighted by atomic mass is 9.90. The van der Waals surface area contributed by atoms with Crippen molar-refractivity contribution in [3.8, 4) is 0 Å². The number of likely N-dealkylation sites (tertiary alicyclic amines) is 1. The monoisotopic (exact) mass is 314 g/mol. The third-order valence-electron chi connectivity index (χ3n) is 5.55. The number of carbonyl (C=O) groups is 1. The van der Waals surface area contributed by atoms with E-state index in [1.807, 2.05) is 35.2 Å². The molecule has 4 rings (SSSR count). The summed E-state index contributed by atoms with van der Waals surface area (Å²) in [6, 6.07) is 10.1. The minimum absolute atomic E-state index is 0.271. The molecule has 124 valence electrons. The van der Waals surface area contributed by atoms with Crippen LogP contribution in [0, 0.1) is 0 Å². The lowest BCUT2D eigenvalue weighted by molar-refractivity contribution is -0.161. The van der Waals surface area contributed by atoms with Crippen LogP contribution in [0.5, 0.6) is 0 Å². The Hall–Kier alpha value is -1.43. The van der Waals surface area contributed by atoms with Gasteiger partial charge in [-0.25, -0.2) is 0 Å². The molecule has 1 atom stereocenters. The molecule has 3 saturated heterocycles. The van der Waals surface area contributed by atoms with Crippen LogP contribution in [0.1, 0.15) is 19.3 Å². The van der Waals surface area contributed by atoms with Crippen molar-refractivity contribution in [1.29, 1.82) is 0 Å². The Bertz CT molecular complexity index is 531. The smallest absolute Gasteiger partial charge is 0.264 e. The number of amides is 1. The second-order valence-electron chi connectivity index (χ2n) is 6.83. The van der Waals surface area contributed by atoms with E-state index in [1.54, 1.807) is 0 Å². The molecule has 1 unspecified atom stereocenters. The van der Waals surface area contributed by atoms with E-state index in [2.05, 4.69) is 15.1 Å². The molecule has 1 aromatic carbocycles. The summed E-state index contributed by atoms with van der Waals surface area (Å²) in [5.74, 6) is 0.271. The van der Waals surface area contributed by atoms with Gasteiger partial charge in [-0.3, -0.25) is 14.6 Å². The number of hydrogen-bond donors (Lipinski definition) is 1. The summed E-state index contributed by atoms with van der Waals surface area (Å²) in [7, 11) is 0. The highest BCUT2D eigenvalue weighted by atomic mass is 16.2. The number of carbonyl (C=O) groups excluding carboxylic acids is 1. The van der Waals surface area contributed by atoms with E-state index < -0.39 is 5.66 Å². The van der Waals surface area contributed by atoms with Crippen molar-refractivity contribution in [2.75, 3.05) is 50.7 Å². The molecule has 3 aliphatic rings. The average molecular weight is 314 g/mol. The van der Waals surface area contributed by atoms with Crippen LogP contribution in [-0.4, -0.2) is 67.2 Å². The highest BCUT2D eigenvalue weighted by molar-refractivity contribution is 6.07. The van der Waals surface area contributed by atoms with Crippen molar-refractivity contribution in [3.63, 3.8) is 0 Å². The number of benzene rings is 1. The van der Waals surface area contributed by atoms with Crippen LogP contribution in [-0.2, 0) is 4.79 Å². The minimum Gasteiger partial charge on any atom is -0.314 e. The molecular formula is C18H26N4O. The zero-order valence-electron chi connectivity index (χ0n) is 13.7. The Kier molecular flexibility index (Phi) is 4.09. The molecule has 1 N–H and O–H groups in total. The van der Waals surface area contributed by atoms with Crippen molar-refractivity contribution >= 4 is 11.6 Å². The number of para-hydroxylation sites is 1. The molecule has 0 saturated carbocycles. The summed E-state index contributed by atoms with van der Waals surface area (Å²) < 4.78 is 0. The second kappa shape index (κ2) is 6.23. The van der Waals surface area contributed by atoms with Crippen molar-refractivity contribution < 1.29 is 4.79 Å². The third-order valence-corrected chi connectivity index (χ3v) is 5.55. The van der Waals surface area contributed by atoms with Gasteiger partial charge in [-0.2, -0.15) is 0 Å². The predicted molar refractivity (Wildman–Crippen MR) is 91.4 cm³/mol. The highest BCUT2D eigenvalue weighted by Gasteiger charge is 2.60. The van der Waals surface area contributed by atoms with Gasteiger partial charge in [0.2, 0.25) is 0 Å². The van der Waals surface area contributed by atoms with Crippen molar-refractivity contribution in [2.45, 2.75) is 24.9 Å². The van der Waals surface area contributed by atoms with Gasteiger partial charge in [0.15, 0.2) is 5.66 Å². The SMILES string of the molecule is O=C1N(c2ccccc2)CC1(N1CCCCC1)N1CCNCC1. The first-order chi connectivity index (χ1) is 11.3. The van der Waals surface area contributed by atoms with E-state index in [0.717, 1.165) is 51.5 Å². The Labute approximate surface area is 138 Å². The maximum absolute atomic E-state index is 13.3. The van der Waals surface area contributed by atoms with Crippen molar-refractivity contribution in [2.24, 2.45) is 0 Å². The van der Waals surface area contributed by atoms with E-state index in [9.17, 15) is 4.79 Å². The molecule has 3 fully saturated rings. The molecule has 5 nitrogen and oxygen atoms in total. The van der Waals surface area contributed by atoms with Gasteiger partial charge < -0.3 is 10.2 Å². The molecule has 5 heteroatoms. The number of nitrogens with one attached hydrogen (secondary N) is 1. The van der Waals surface area contributed by atoms with Gasteiger partial charge >= 0.3 is 0 Å². The van der Waals surface area contributed by atoms with E-state index in [-0.39, 0.29) is 5.91 Å². The Balaban J connectivity index is 1.61. The number of piperazine rings is 1. The summed E-state index contributed by atoms with van der Waals surface area (Å²) in [5, 5.41) is 3.41. The normalized spacial score (nSPS) is 30.3. The first-order valence-electron chi connectivity index (χ1n) is 8.90. The molecule has 1 amide bonds. The van der Waals surface area contributed by atoms with Gasteiger partial charge in [-0.15, -0.1) is 0 Å². The number of rotatable bonds is 3. The summed E-state index contributed by atoms with van der Waals surface area (Å²) in [6.07, 6.45) is 3.73. The van der Waals surface area contributed by atoms with E-state index in [1.165, 1.54) is 19.3 Å². The first kappa shape index (κ1) is 15.1. The Morgan fingerprint density at radius 3 is 2.17 bits per heavy atom. The lowest BCUT2D eigenvalue weighted by Crippen LogP contribution is -2.82. The van der Waals surface area contributed by atoms with Crippen LogP contribution in [0.4, 0.5) is 5.69 Å². The van der Waals surface area contributed by atoms with E-state index >= 15 is 0 Å². The quantitative estimate of drug-likeness (QED) is 0.849. The van der Waals surface area contributed by atoms with Crippen molar-refractivity contribution in [1.82, 2.24) is 15.1 Å². The fourth-order valence-electron chi connectivity index (χ4n) is 4.27. The van der Waals surface area contributed by atoms with Gasteiger partial charge in [-0.1, -0.05) is 24.6 Å². The minimum atomic E-state index is -0.391. The molecule has 23 heavy (non-hydrogen) atoms. The second-order valence-corrected chi connectivity index (χ2v) is 6.83. The van der Waals surface area contributed by atoms with Crippen LogP contribution in [0.3, 0.4) is 0 Å². The summed E-state index contributed by atoms with van der Waals surface area (Å²) in [5.41, 5.74) is 0.638. The molecular weight excluding hydrogens is 288 g/mol. The predicted octanol–water partition coefficient (Wildman–Crippen LogP) is 1.12.